The molecule has 124 valence electrons. The summed E-state index contributed by atoms with van der Waals surface area (Å²) in [5.74, 6) is 0.259. The van der Waals surface area contributed by atoms with Gasteiger partial charge in [0.2, 0.25) is 5.91 Å². The third-order valence-electron chi connectivity index (χ3n) is 3.26. The molecule has 2 rings (SSSR count). The maximum atomic E-state index is 12.0. The number of amides is 2. The number of para-hydroxylation sites is 1. The van der Waals surface area contributed by atoms with Crippen LogP contribution in [0.2, 0.25) is 0 Å². The topological polar surface area (TPSA) is 79.8 Å². The molecule has 0 saturated carbocycles. The first kappa shape index (κ1) is 17.2. The lowest BCUT2D eigenvalue weighted by Crippen LogP contribution is -2.17. The summed E-state index contributed by atoms with van der Waals surface area (Å²) in [4.78, 5) is 23.3. The highest BCUT2D eigenvalue weighted by Gasteiger charge is 2.05. The summed E-state index contributed by atoms with van der Waals surface area (Å²) in [6, 6.07) is 14.0. The van der Waals surface area contributed by atoms with Crippen LogP contribution in [0.15, 0.2) is 53.6 Å². The van der Waals surface area contributed by atoms with Crippen LogP contribution in [0.1, 0.15) is 29.3 Å². The number of hydrogen-bond acceptors (Lipinski definition) is 4. The molecular weight excluding hydrogens is 306 g/mol. The fraction of sp³-hybridized carbons (Fsp3) is 0.167. The third kappa shape index (κ3) is 4.67. The first-order valence-electron chi connectivity index (χ1n) is 7.50. The zero-order valence-electron chi connectivity index (χ0n) is 13.6. The van der Waals surface area contributed by atoms with Crippen LogP contribution in [-0.2, 0) is 4.79 Å². The molecule has 0 aliphatic carbocycles. The van der Waals surface area contributed by atoms with Crippen molar-refractivity contribution in [2.45, 2.75) is 13.3 Å². The highest BCUT2D eigenvalue weighted by Crippen LogP contribution is 2.14. The standard InChI is InChI=1S/C18H19N3O3/c1-3-17(22)20-15-10-8-13(9-11-15)18(23)21-19-12-14-6-4-5-7-16(14)24-2/h4-12H,3H2,1-2H3,(H,20,22)(H,21,23). The first-order chi connectivity index (χ1) is 11.6. The van der Waals surface area contributed by atoms with Crippen LogP contribution >= 0.6 is 0 Å². The van der Waals surface area contributed by atoms with Crippen molar-refractivity contribution < 1.29 is 14.3 Å². The normalized spacial score (nSPS) is 10.4. The quantitative estimate of drug-likeness (QED) is 0.633. The van der Waals surface area contributed by atoms with Gasteiger partial charge in [0.25, 0.3) is 5.91 Å². The molecule has 0 bridgehead atoms. The van der Waals surface area contributed by atoms with Gasteiger partial charge in [-0.25, -0.2) is 5.43 Å². The Balaban J connectivity index is 1.97. The fourth-order valence-electron chi connectivity index (χ4n) is 1.95. The van der Waals surface area contributed by atoms with Crippen molar-refractivity contribution in [1.29, 1.82) is 0 Å². The molecule has 0 aliphatic rings. The number of carbonyl (C=O) groups excluding carboxylic acids is 2. The van der Waals surface area contributed by atoms with E-state index in [0.29, 0.717) is 23.4 Å². The molecule has 2 aromatic carbocycles. The maximum Gasteiger partial charge on any atom is 0.271 e. The Morgan fingerprint density at radius 2 is 1.83 bits per heavy atom. The maximum absolute atomic E-state index is 12.0. The van der Waals surface area contributed by atoms with E-state index < -0.39 is 0 Å². The van der Waals surface area contributed by atoms with Crippen LogP contribution in [-0.4, -0.2) is 25.1 Å². The van der Waals surface area contributed by atoms with E-state index >= 15 is 0 Å². The average Bonchev–Trinajstić information content (AvgIpc) is 2.62. The van der Waals surface area contributed by atoms with E-state index in [1.807, 2.05) is 24.3 Å². The number of benzene rings is 2. The highest BCUT2D eigenvalue weighted by molar-refractivity contribution is 5.96. The van der Waals surface area contributed by atoms with Gasteiger partial charge in [-0.2, -0.15) is 5.10 Å². The number of carbonyl (C=O) groups is 2. The average molecular weight is 325 g/mol. The van der Waals surface area contributed by atoms with E-state index in [9.17, 15) is 9.59 Å². The molecule has 0 aliphatic heterocycles. The summed E-state index contributed by atoms with van der Waals surface area (Å²) in [5, 5.41) is 6.66. The third-order valence-corrected chi connectivity index (χ3v) is 3.26. The van der Waals surface area contributed by atoms with Gasteiger partial charge in [0.1, 0.15) is 5.75 Å². The van der Waals surface area contributed by atoms with Crippen molar-refractivity contribution in [3.8, 4) is 5.75 Å². The summed E-state index contributed by atoms with van der Waals surface area (Å²) >= 11 is 0. The number of anilines is 1. The van der Waals surface area contributed by atoms with E-state index in [2.05, 4.69) is 15.8 Å². The molecule has 6 nitrogen and oxygen atoms in total. The number of rotatable bonds is 6. The van der Waals surface area contributed by atoms with Crippen molar-refractivity contribution in [3.05, 3.63) is 59.7 Å². The number of ether oxygens (including phenoxy) is 1. The van der Waals surface area contributed by atoms with Crippen LogP contribution in [0, 0.1) is 0 Å². The summed E-state index contributed by atoms with van der Waals surface area (Å²) in [6.45, 7) is 1.77. The molecule has 2 amide bonds. The Kier molecular flexibility index (Phi) is 6.08. The van der Waals surface area contributed by atoms with Gasteiger partial charge in [0.15, 0.2) is 0 Å². The molecule has 0 unspecified atom stereocenters. The second-order valence-corrected chi connectivity index (χ2v) is 4.92. The van der Waals surface area contributed by atoms with Crippen LogP contribution < -0.4 is 15.5 Å². The molecule has 0 spiro atoms. The van der Waals surface area contributed by atoms with Crippen molar-refractivity contribution in [1.82, 2.24) is 5.43 Å². The van der Waals surface area contributed by atoms with Crippen LogP contribution in [0.4, 0.5) is 5.69 Å². The number of hydrogen-bond donors (Lipinski definition) is 2. The Bertz CT molecular complexity index is 739. The Hall–Kier alpha value is -3.15. The van der Waals surface area contributed by atoms with E-state index in [4.69, 9.17) is 4.74 Å². The highest BCUT2D eigenvalue weighted by atomic mass is 16.5. The van der Waals surface area contributed by atoms with E-state index in [1.54, 1.807) is 38.3 Å². The minimum absolute atomic E-state index is 0.0754. The number of methoxy groups -OCH3 is 1. The molecule has 2 aromatic rings. The van der Waals surface area contributed by atoms with Crippen LogP contribution in [0.25, 0.3) is 0 Å². The molecule has 0 aromatic heterocycles. The smallest absolute Gasteiger partial charge is 0.271 e. The molecule has 0 heterocycles. The first-order valence-corrected chi connectivity index (χ1v) is 7.50. The summed E-state index contributed by atoms with van der Waals surface area (Å²) in [5.41, 5.74) is 4.31. The van der Waals surface area contributed by atoms with Crippen molar-refractivity contribution in [2.24, 2.45) is 5.10 Å². The van der Waals surface area contributed by atoms with Crippen molar-refractivity contribution in [2.75, 3.05) is 12.4 Å². The van der Waals surface area contributed by atoms with E-state index in [0.717, 1.165) is 5.56 Å². The summed E-state index contributed by atoms with van der Waals surface area (Å²) in [7, 11) is 1.57. The molecule has 0 radical (unpaired) electrons. The predicted octanol–water partition coefficient (Wildman–Crippen LogP) is 2.81. The van der Waals surface area contributed by atoms with Gasteiger partial charge in [-0.1, -0.05) is 19.1 Å². The molecule has 0 saturated heterocycles. The zero-order chi connectivity index (χ0) is 17.4. The monoisotopic (exact) mass is 325 g/mol. The van der Waals surface area contributed by atoms with Gasteiger partial charge in [-0.05, 0) is 36.4 Å². The largest absolute Gasteiger partial charge is 0.496 e. The molecular formula is C18H19N3O3. The molecule has 6 heteroatoms. The number of hydrazone groups is 1. The van der Waals surface area contributed by atoms with Gasteiger partial charge < -0.3 is 10.1 Å². The lowest BCUT2D eigenvalue weighted by atomic mass is 10.2. The van der Waals surface area contributed by atoms with E-state index in [1.165, 1.54) is 6.21 Å². The molecule has 24 heavy (non-hydrogen) atoms. The van der Waals surface area contributed by atoms with Gasteiger partial charge in [-0.3, -0.25) is 9.59 Å². The van der Waals surface area contributed by atoms with Crippen LogP contribution in [0.5, 0.6) is 5.75 Å². The molecule has 0 atom stereocenters. The summed E-state index contributed by atoms with van der Waals surface area (Å²) in [6.07, 6.45) is 1.92. The second kappa shape index (κ2) is 8.47. The van der Waals surface area contributed by atoms with Crippen molar-refractivity contribution in [3.63, 3.8) is 0 Å². The van der Waals surface area contributed by atoms with Gasteiger partial charge >= 0.3 is 0 Å². The van der Waals surface area contributed by atoms with Crippen LogP contribution in [0.3, 0.4) is 0 Å². The summed E-state index contributed by atoms with van der Waals surface area (Å²) < 4.78 is 5.20. The van der Waals surface area contributed by atoms with Gasteiger partial charge in [-0.15, -0.1) is 0 Å². The lowest BCUT2D eigenvalue weighted by Gasteiger charge is -2.05. The molecule has 0 fully saturated rings. The lowest BCUT2D eigenvalue weighted by molar-refractivity contribution is -0.115. The Morgan fingerprint density at radius 3 is 2.50 bits per heavy atom. The fourth-order valence-corrected chi connectivity index (χ4v) is 1.95. The SMILES string of the molecule is CCC(=O)Nc1ccc(C(=O)NN=Cc2ccccc2OC)cc1. The second-order valence-electron chi connectivity index (χ2n) is 4.92. The van der Waals surface area contributed by atoms with E-state index in [-0.39, 0.29) is 11.8 Å². The van der Waals surface area contributed by atoms with Gasteiger partial charge in [0.05, 0.1) is 13.3 Å². The van der Waals surface area contributed by atoms with Gasteiger partial charge in [0, 0.05) is 23.2 Å². The van der Waals surface area contributed by atoms with Crippen molar-refractivity contribution >= 4 is 23.7 Å². The predicted molar refractivity (Wildman–Crippen MR) is 93.4 cm³/mol. The minimum Gasteiger partial charge on any atom is -0.496 e. The Morgan fingerprint density at radius 1 is 1.12 bits per heavy atom. The molecule has 2 N–H and O–H groups in total. The Labute approximate surface area is 140 Å². The number of nitrogens with zero attached hydrogens (tertiary/aromatic N) is 1. The zero-order valence-corrected chi connectivity index (χ0v) is 13.6. The minimum atomic E-state index is -0.338. The number of nitrogens with one attached hydrogen (secondary N) is 2.